The van der Waals surface area contributed by atoms with Gasteiger partial charge in [0.05, 0.1) is 17.1 Å². The summed E-state index contributed by atoms with van der Waals surface area (Å²) in [5.41, 5.74) is 2.49. The molecule has 0 saturated heterocycles. The van der Waals surface area contributed by atoms with Crippen LogP contribution in [0.1, 0.15) is 46.1 Å². The van der Waals surface area contributed by atoms with E-state index in [9.17, 15) is 9.59 Å². The van der Waals surface area contributed by atoms with Crippen LogP contribution >= 0.6 is 0 Å². The summed E-state index contributed by atoms with van der Waals surface area (Å²) >= 11 is 0. The number of para-hydroxylation sites is 1. The predicted octanol–water partition coefficient (Wildman–Crippen LogP) is 3.18. The van der Waals surface area contributed by atoms with E-state index in [1.807, 2.05) is 46.8 Å². The van der Waals surface area contributed by atoms with Crippen LogP contribution in [0.2, 0.25) is 0 Å². The molecular weight excluding hydrogens is 306 g/mol. The number of hydrogen-bond donors (Lipinski definition) is 1. The van der Waals surface area contributed by atoms with Gasteiger partial charge in [-0.1, -0.05) is 18.2 Å². The number of rotatable bonds is 1. The summed E-state index contributed by atoms with van der Waals surface area (Å²) in [6, 6.07) is 7.29. The van der Waals surface area contributed by atoms with Crippen LogP contribution in [0.15, 0.2) is 46.8 Å². The third-order valence-corrected chi connectivity index (χ3v) is 4.03. The van der Waals surface area contributed by atoms with Crippen molar-refractivity contribution in [2.45, 2.75) is 46.1 Å². The van der Waals surface area contributed by atoms with Gasteiger partial charge in [0.15, 0.2) is 0 Å². The fourth-order valence-electron chi connectivity index (χ4n) is 3.15. The third kappa shape index (κ3) is 2.70. The number of dihydropyridines is 1. The molecule has 0 radical (unpaired) electrons. The second-order valence-electron chi connectivity index (χ2n) is 7.06. The molecule has 2 aliphatic heterocycles. The maximum atomic E-state index is 12.8. The highest BCUT2D eigenvalue weighted by atomic mass is 16.6. The molecule has 126 valence electrons. The predicted molar refractivity (Wildman–Crippen MR) is 89.2 cm³/mol. The molecule has 0 fully saturated rings. The Kier molecular flexibility index (Phi) is 3.74. The molecule has 0 spiro atoms. The summed E-state index contributed by atoms with van der Waals surface area (Å²) in [7, 11) is 0. The standard InChI is InChI=1S/C19H21NO4/c1-10-14-16(12-8-6-7-9-13(12)23-17(14)21)15(11(2)20-10)18(22)24-19(3,4)5/h6-9,16,20H,1-5H3/t16-/m1/s1. The molecule has 0 amide bonds. The van der Waals surface area contributed by atoms with Crippen LogP contribution in [0.5, 0.6) is 5.75 Å². The number of ether oxygens (including phenoxy) is 2. The zero-order valence-electron chi connectivity index (χ0n) is 14.5. The molecule has 1 aromatic rings. The molecule has 1 N–H and O–H groups in total. The van der Waals surface area contributed by atoms with Crippen molar-refractivity contribution in [1.82, 2.24) is 5.32 Å². The number of fused-ring (bicyclic) bond motifs is 3. The van der Waals surface area contributed by atoms with E-state index in [1.54, 1.807) is 12.1 Å². The highest BCUT2D eigenvalue weighted by Crippen LogP contribution is 2.45. The minimum absolute atomic E-state index is 0.424. The number of allylic oxidation sites excluding steroid dienone is 2. The van der Waals surface area contributed by atoms with Gasteiger partial charge in [0.25, 0.3) is 0 Å². The van der Waals surface area contributed by atoms with Gasteiger partial charge in [0.1, 0.15) is 11.4 Å². The van der Waals surface area contributed by atoms with E-state index in [1.165, 1.54) is 0 Å². The van der Waals surface area contributed by atoms with Gasteiger partial charge in [-0.15, -0.1) is 0 Å². The number of carbonyl (C=O) groups is 2. The molecule has 2 heterocycles. The molecule has 0 aliphatic carbocycles. The molecule has 1 atom stereocenters. The van der Waals surface area contributed by atoms with Gasteiger partial charge in [0.2, 0.25) is 0 Å². The van der Waals surface area contributed by atoms with E-state index >= 15 is 0 Å². The molecule has 24 heavy (non-hydrogen) atoms. The zero-order chi connectivity index (χ0) is 17.6. The average Bonchev–Trinajstić information content (AvgIpc) is 2.44. The van der Waals surface area contributed by atoms with Crippen LogP contribution in [0, 0.1) is 0 Å². The summed E-state index contributed by atoms with van der Waals surface area (Å²) in [5.74, 6) is -0.845. The summed E-state index contributed by atoms with van der Waals surface area (Å²) in [4.78, 5) is 25.3. The van der Waals surface area contributed by atoms with Gasteiger partial charge < -0.3 is 14.8 Å². The molecule has 0 saturated carbocycles. The number of carbonyl (C=O) groups excluding carboxylic acids is 2. The van der Waals surface area contributed by atoms with E-state index in [0.717, 1.165) is 5.56 Å². The Morgan fingerprint density at radius 1 is 1.17 bits per heavy atom. The molecular formula is C19H21NO4. The first kappa shape index (κ1) is 16.3. The minimum atomic E-state index is -0.616. The van der Waals surface area contributed by atoms with Gasteiger partial charge in [-0.05, 0) is 40.7 Å². The Morgan fingerprint density at radius 2 is 1.83 bits per heavy atom. The van der Waals surface area contributed by atoms with Crippen molar-refractivity contribution in [3.05, 3.63) is 52.4 Å². The topological polar surface area (TPSA) is 64.6 Å². The second kappa shape index (κ2) is 5.51. The van der Waals surface area contributed by atoms with Gasteiger partial charge in [-0.25, -0.2) is 9.59 Å². The Morgan fingerprint density at radius 3 is 2.50 bits per heavy atom. The molecule has 0 aromatic heterocycles. The first-order valence-corrected chi connectivity index (χ1v) is 7.92. The Hall–Kier alpha value is -2.56. The van der Waals surface area contributed by atoms with Gasteiger partial charge >= 0.3 is 11.9 Å². The van der Waals surface area contributed by atoms with E-state index in [2.05, 4.69) is 5.32 Å². The quantitative estimate of drug-likeness (QED) is 0.634. The highest BCUT2D eigenvalue weighted by molar-refractivity contribution is 6.02. The first-order valence-electron chi connectivity index (χ1n) is 7.92. The summed E-state index contributed by atoms with van der Waals surface area (Å²) in [5, 5.41) is 3.11. The van der Waals surface area contributed by atoms with E-state index in [-0.39, 0.29) is 0 Å². The van der Waals surface area contributed by atoms with E-state index in [4.69, 9.17) is 9.47 Å². The average molecular weight is 327 g/mol. The number of hydrogen-bond acceptors (Lipinski definition) is 5. The van der Waals surface area contributed by atoms with E-state index < -0.39 is 23.5 Å². The van der Waals surface area contributed by atoms with Crippen LogP contribution < -0.4 is 10.1 Å². The fourth-order valence-corrected chi connectivity index (χ4v) is 3.15. The summed E-state index contributed by atoms with van der Waals surface area (Å²) in [6.07, 6.45) is 0. The lowest BCUT2D eigenvalue weighted by atomic mass is 9.78. The SMILES string of the molecule is CC1=C2C(=O)Oc3ccccc3[C@H]2C(C(=O)OC(C)(C)C)=C(C)N1. The van der Waals surface area contributed by atoms with Crippen LogP contribution in [-0.2, 0) is 14.3 Å². The van der Waals surface area contributed by atoms with Crippen molar-refractivity contribution in [3.8, 4) is 5.75 Å². The number of esters is 2. The molecule has 2 aliphatic rings. The number of benzene rings is 1. The number of nitrogens with one attached hydrogen (secondary N) is 1. The van der Waals surface area contributed by atoms with Crippen LogP contribution in [0.25, 0.3) is 0 Å². The molecule has 0 bridgehead atoms. The summed E-state index contributed by atoms with van der Waals surface area (Å²) in [6.45, 7) is 9.10. The second-order valence-corrected chi connectivity index (χ2v) is 7.06. The first-order chi connectivity index (χ1) is 11.2. The fraction of sp³-hybridized carbons (Fsp3) is 0.368. The smallest absolute Gasteiger partial charge is 0.342 e. The van der Waals surface area contributed by atoms with Crippen LogP contribution in [0.3, 0.4) is 0 Å². The molecule has 3 rings (SSSR count). The maximum absolute atomic E-state index is 12.8. The van der Waals surface area contributed by atoms with Gasteiger partial charge in [-0.3, -0.25) is 0 Å². The van der Waals surface area contributed by atoms with Crippen molar-refractivity contribution >= 4 is 11.9 Å². The Bertz CT molecular complexity index is 796. The van der Waals surface area contributed by atoms with E-state index in [0.29, 0.717) is 28.3 Å². The normalized spacial score (nSPS) is 20.0. The minimum Gasteiger partial charge on any atom is -0.457 e. The molecule has 5 nitrogen and oxygen atoms in total. The summed E-state index contributed by atoms with van der Waals surface area (Å²) < 4.78 is 11.0. The third-order valence-electron chi connectivity index (χ3n) is 4.03. The molecule has 0 unspecified atom stereocenters. The van der Waals surface area contributed by atoms with Crippen molar-refractivity contribution in [3.63, 3.8) is 0 Å². The lowest BCUT2D eigenvalue weighted by molar-refractivity contribution is -0.150. The van der Waals surface area contributed by atoms with Gasteiger partial charge in [-0.2, -0.15) is 0 Å². The van der Waals surface area contributed by atoms with Gasteiger partial charge in [0, 0.05) is 17.0 Å². The van der Waals surface area contributed by atoms with Crippen LogP contribution in [0.4, 0.5) is 0 Å². The monoisotopic (exact) mass is 327 g/mol. The lowest BCUT2D eigenvalue weighted by Crippen LogP contribution is -2.37. The molecule has 5 heteroatoms. The highest BCUT2D eigenvalue weighted by Gasteiger charge is 2.43. The van der Waals surface area contributed by atoms with Crippen molar-refractivity contribution < 1.29 is 19.1 Å². The maximum Gasteiger partial charge on any atom is 0.342 e. The van der Waals surface area contributed by atoms with Crippen molar-refractivity contribution in [1.29, 1.82) is 0 Å². The van der Waals surface area contributed by atoms with Crippen molar-refractivity contribution in [2.24, 2.45) is 0 Å². The zero-order valence-corrected chi connectivity index (χ0v) is 14.5. The molecule has 1 aromatic carbocycles. The Balaban J connectivity index is 2.16. The van der Waals surface area contributed by atoms with Crippen LogP contribution in [-0.4, -0.2) is 17.5 Å². The Labute approximate surface area is 141 Å². The lowest BCUT2D eigenvalue weighted by Gasteiger charge is -2.35. The van der Waals surface area contributed by atoms with Crippen molar-refractivity contribution in [2.75, 3.05) is 0 Å². The largest absolute Gasteiger partial charge is 0.457 e.